The molecule has 1 aromatic rings. The van der Waals surface area contributed by atoms with Crippen LogP contribution in [0.4, 0.5) is 0 Å². The maximum absolute atomic E-state index is 5.50. The second-order valence-electron chi connectivity index (χ2n) is 6.33. The van der Waals surface area contributed by atoms with Gasteiger partial charge < -0.3 is 9.84 Å². The summed E-state index contributed by atoms with van der Waals surface area (Å²) in [7, 11) is 0. The quantitative estimate of drug-likeness (QED) is 0.793. The molecule has 1 aliphatic carbocycles. The summed E-state index contributed by atoms with van der Waals surface area (Å²) in [6.07, 6.45) is 5.43. The van der Waals surface area contributed by atoms with E-state index >= 15 is 0 Å². The summed E-state index contributed by atoms with van der Waals surface area (Å²) in [5.74, 6) is 1.70. The normalized spacial score (nSPS) is 16.6. The zero-order chi connectivity index (χ0) is 14.4. The van der Waals surface area contributed by atoms with Crippen LogP contribution in [0.25, 0.3) is 0 Å². The number of nitrogens with one attached hydrogen (secondary N) is 1. The van der Waals surface area contributed by atoms with Gasteiger partial charge >= 0.3 is 0 Å². The predicted molar refractivity (Wildman–Crippen MR) is 81.4 cm³/mol. The maximum atomic E-state index is 5.50. The molecular weight excluding hydrogens is 250 g/mol. The van der Waals surface area contributed by atoms with Gasteiger partial charge in [0.05, 0.1) is 12.2 Å². The third-order valence-electron chi connectivity index (χ3n) is 3.96. The van der Waals surface area contributed by atoms with Gasteiger partial charge in [-0.25, -0.2) is 0 Å². The molecule has 1 heterocycles. The van der Waals surface area contributed by atoms with Crippen molar-refractivity contribution in [3.63, 3.8) is 0 Å². The summed E-state index contributed by atoms with van der Waals surface area (Å²) >= 11 is 0. The van der Waals surface area contributed by atoms with Crippen LogP contribution in [0.15, 0.2) is 10.6 Å². The van der Waals surface area contributed by atoms with Crippen LogP contribution in [0.1, 0.15) is 57.9 Å². The van der Waals surface area contributed by atoms with E-state index in [1.54, 1.807) is 0 Å². The summed E-state index contributed by atoms with van der Waals surface area (Å²) < 4.78 is 5.50. The average Bonchev–Trinajstić information content (AvgIpc) is 3.06. The SMILES string of the molecule is CCNCc1cc(CN(CC(C)C)C2CCCC2)on1. The van der Waals surface area contributed by atoms with Gasteiger partial charge in [0.1, 0.15) is 0 Å². The Morgan fingerprint density at radius 3 is 2.80 bits per heavy atom. The second-order valence-corrected chi connectivity index (χ2v) is 6.33. The number of aromatic nitrogens is 1. The summed E-state index contributed by atoms with van der Waals surface area (Å²) in [6, 6.07) is 2.84. The first-order chi connectivity index (χ1) is 9.69. The van der Waals surface area contributed by atoms with Crippen molar-refractivity contribution < 1.29 is 4.52 Å². The van der Waals surface area contributed by atoms with Crippen molar-refractivity contribution in [2.45, 2.75) is 65.6 Å². The molecule has 114 valence electrons. The first-order valence-electron chi connectivity index (χ1n) is 8.08. The standard InChI is InChI=1S/C16H29N3O/c1-4-17-10-14-9-16(20-18-14)12-19(11-13(2)3)15-7-5-6-8-15/h9,13,15,17H,4-8,10-12H2,1-3H3. The molecule has 4 heteroatoms. The van der Waals surface area contributed by atoms with E-state index in [1.807, 2.05) is 0 Å². The third-order valence-corrected chi connectivity index (χ3v) is 3.96. The Labute approximate surface area is 122 Å². The number of nitrogens with zero attached hydrogens (tertiary/aromatic N) is 2. The highest BCUT2D eigenvalue weighted by Gasteiger charge is 2.24. The van der Waals surface area contributed by atoms with Crippen molar-refractivity contribution in [3.05, 3.63) is 17.5 Å². The van der Waals surface area contributed by atoms with Crippen LogP contribution >= 0.6 is 0 Å². The van der Waals surface area contributed by atoms with E-state index in [2.05, 4.69) is 42.2 Å². The molecule has 0 atom stereocenters. The molecule has 2 rings (SSSR count). The Morgan fingerprint density at radius 2 is 2.15 bits per heavy atom. The number of hydrogen-bond acceptors (Lipinski definition) is 4. The molecule has 1 aromatic heterocycles. The zero-order valence-corrected chi connectivity index (χ0v) is 13.2. The third kappa shape index (κ3) is 4.60. The predicted octanol–water partition coefficient (Wildman–Crippen LogP) is 3.18. The molecule has 0 aliphatic heterocycles. The van der Waals surface area contributed by atoms with E-state index in [1.165, 1.54) is 25.7 Å². The fourth-order valence-corrected chi connectivity index (χ4v) is 3.05. The average molecular weight is 279 g/mol. The van der Waals surface area contributed by atoms with Gasteiger partial charge in [-0.3, -0.25) is 4.90 Å². The lowest BCUT2D eigenvalue weighted by Crippen LogP contribution is -2.35. The van der Waals surface area contributed by atoms with E-state index in [0.29, 0.717) is 5.92 Å². The van der Waals surface area contributed by atoms with Crippen molar-refractivity contribution >= 4 is 0 Å². The number of hydrogen-bond donors (Lipinski definition) is 1. The maximum Gasteiger partial charge on any atom is 0.151 e. The van der Waals surface area contributed by atoms with E-state index in [4.69, 9.17) is 4.52 Å². The van der Waals surface area contributed by atoms with Crippen LogP contribution in [-0.2, 0) is 13.1 Å². The molecule has 4 nitrogen and oxygen atoms in total. The molecule has 1 fully saturated rings. The topological polar surface area (TPSA) is 41.3 Å². The monoisotopic (exact) mass is 279 g/mol. The zero-order valence-electron chi connectivity index (χ0n) is 13.2. The molecule has 20 heavy (non-hydrogen) atoms. The van der Waals surface area contributed by atoms with E-state index in [0.717, 1.165) is 43.7 Å². The highest BCUT2D eigenvalue weighted by molar-refractivity contribution is 5.05. The first-order valence-corrected chi connectivity index (χ1v) is 8.08. The lowest BCUT2D eigenvalue weighted by molar-refractivity contribution is 0.151. The molecule has 1 N–H and O–H groups in total. The van der Waals surface area contributed by atoms with Crippen LogP contribution in [0, 0.1) is 5.92 Å². The molecule has 0 amide bonds. The second kappa shape index (κ2) is 7.79. The smallest absolute Gasteiger partial charge is 0.151 e. The van der Waals surface area contributed by atoms with Gasteiger partial charge in [0.25, 0.3) is 0 Å². The van der Waals surface area contributed by atoms with Gasteiger partial charge in [-0.05, 0) is 25.3 Å². The van der Waals surface area contributed by atoms with Gasteiger partial charge in [-0.1, -0.05) is 38.8 Å². The van der Waals surface area contributed by atoms with Gasteiger partial charge in [-0.15, -0.1) is 0 Å². The molecule has 0 saturated heterocycles. The van der Waals surface area contributed by atoms with Crippen molar-refractivity contribution in [3.8, 4) is 0 Å². The first kappa shape index (κ1) is 15.5. The largest absolute Gasteiger partial charge is 0.360 e. The minimum Gasteiger partial charge on any atom is -0.360 e. The molecular formula is C16H29N3O. The Bertz CT molecular complexity index is 383. The van der Waals surface area contributed by atoms with E-state index in [9.17, 15) is 0 Å². The van der Waals surface area contributed by atoms with Crippen LogP contribution in [0.3, 0.4) is 0 Å². The van der Waals surface area contributed by atoms with E-state index < -0.39 is 0 Å². The Morgan fingerprint density at radius 1 is 1.40 bits per heavy atom. The summed E-state index contributed by atoms with van der Waals surface area (Å²) in [5, 5.41) is 7.43. The van der Waals surface area contributed by atoms with Crippen molar-refractivity contribution in [2.75, 3.05) is 13.1 Å². The van der Waals surface area contributed by atoms with Crippen LogP contribution < -0.4 is 5.32 Å². The van der Waals surface area contributed by atoms with Crippen LogP contribution in [0.5, 0.6) is 0 Å². The van der Waals surface area contributed by atoms with Crippen LogP contribution in [0.2, 0.25) is 0 Å². The minimum absolute atomic E-state index is 0.694. The van der Waals surface area contributed by atoms with Gasteiger partial charge in [-0.2, -0.15) is 0 Å². The molecule has 0 radical (unpaired) electrons. The molecule has 1 aliphatic rings. The Balaban J connectivity index is 1.93. The van der Waals surface area contributed by atoms with Crippen molar-refractivity contribution in [1.29, 1.82) is 0 Å². The summed E-state index contributed by atoms with van der Waals surface area (Å²) in [4.78, 5) is 2.59. The van der Waals surface area contributed by atoms with Gasteiger partial charge in [0, 0.05) is 25.2 Å². The molecule has 0 aromatic carbocycles. The fraction of sp³-hybridized carbons (Fsp3) is 0.812. The van der Waals surface area contributed by atoms with Crippen LogP contribution in [-0.4, -0.2) is 29.2 Å². The number of rotatable bonds is 8. The summed E-state index contributed by atoms with van der Waals surface area (Å²) in [5.41, 5.74) is 1.01. The fourth-order valence-electron chi connectivity index (χ4n) is 3.05. The highest BCUT2D eigenvalue weighted by atomic mass is 16.5. The molecule has 0 bridgehead atoms. The van der Waals surface area contributed by atoms with Gasteiger partial charge in [0.2, 0.25) is 0 Å². The Kier molecular flexibility index (Phi) is 6.05. The Hall–Kier alpha value is -0.870. The highest BCUT2D eigenvalue weighted by Crippen LogP contribution is 2.25. The lowest BCUT2D eigenvalue weighted by Gasteiger charge is -2.29. The van der Waals surface area contributed by atoms with Crippen molar-refractivity contribution in [2.24, 2.45) is 5.92 Å². The lowest BCUT2D eigenvalue weighted by atomic mass is 10.1. The molecule has 0 unspecified atom stereocenters. The molecule has 0 spiro atoms. The van der Waals surface area contributed by atoms with Crippen molar-refractivity contribution in [1.82, 2.24) is 15.4 Å². The minimum atomic E-state index is 0.694. The van der Waals surface area contributed by atoms with E-state index in [-0.39, 0.29) is 0 Å². The molecule has 1 saturated carbocycles. The summed E-state index contributed by atoms with van der Waals surface area (Å²) in [6.45, 7) is 10.5. The van der Waals surface area contributed by atoms with Gasteiger partial charge in [0.15, 0.2) is 5.76 Å².